The van der Waals surface area contributed by atoms with Crippen LogP contribution in [0.3, 0.4) is 0 Å². The summed E-state index contributed by atoms with van der Waals surface area (Å²) in [7, 11) is 0. The molecule has 1 heterocycles. The molecule has 2 heteroatoms. The van der Waals surface area contributed by atoms with Gasteiger partial charge in [-0.3, -0.25) is 0 Å². The number of terminal acetylenes is 1. The summed E-state index contributed by atoms with van der Waals surface area (Å²) < 4.78 is 0. The maximum absolute atomic E-state index is 6.34. The topological polar surface area (TPSA) is 25.8 Å². The molecule has 152 valence electrons. The first-order chi connectivity index (χ1) is 16.2. The monoisotopic (exact) mass is 418 g/mol. The summed E-state index contributed by atoms with van der Waals surface area (Å²) in [5, 5.41) is 8.19. The predicted octanol–water partition coefficient (Wildman–Crippen LogP) is 4.77. The van der Waals surface area contributed by atoms with Crippen molar-refractivity contribution >= 4 is 0 Å². The minimum Gasteiger partial charge on any atom is -0.155 e. The lowest BCUT2D eigenvalue weighted by atomic mass is 9.47. The fourth-order valence-corrected chi connectivity index (χ4v) is 5.40. The van der Waals surface area contributed by atoms with Gasteiger partial charge in [0.25, 0.3) is 0 Å². The Balaban J connectivity index is 1.66. The number of benzene rings is 3. The molecule has 0 saturated heterocycles. The third kappa shape index (κ3) is 2.43. The molecular formula is C31H18N2. The Morgan fingerprint density at radius 1 is 0.606 bits per heavy atom. The standard InChI is InChI=1S/C31H18N2/c1-3-30-24-13-4-7-16-27(24)31(28-17-8-5-14-25(28)30,29-18-9-6-15-26(29)30)21-11-10-12-23-20-19-22(2)32-33-23/h1,4-9,13-20H,2H3. The molecule has 0 saturated carbocycles. The second-order valence-corrected chi connectivity index (χ2v) is 8.34. The van der Waals surface area contributed by atoms with Gasteiger partial charge in [-0.05, 0) is 70.2 Å². The first-order valence-electron chi connectivity index (χ1n) is 10.8. The molecule has 33 heavy (non-hydrogen) atoms. The minimum atomic E-state index is -0.643. The van der Waals surface area contributed by atoms with E-state index in [1.807, 2.05) is 19.1 Å². The summed E-state index contributed by atoms with van der Waals surface area (Å²) >= 11 is 0. The second-order valence-electron chi connectivity index (χ2n) is 8.34. The number of aryl methyl sites for hydroxylation is 1. The van der Waals surface area contributed by atoms with Gasteiger partial charge in [-0.2, -0.15) is 5.10 Å². The van der Waals surface area contributed by atoms with Crippen LogP contribution in [-0.4, -0.2) is 10.2 Å². The van der Waals surface area contributed by atoms with E-state index < -0.39 is 10.8 Å². The molecule has 3 aliphatic rings. The highest BCUT2D eigenvalue weighted by Gasteiger charge is 2.57. The van der Waals surface area contributed by atoms with Gasteiger partial charge in [0.1, 0.15) is 16.5 Å². The zero-order valence-corrected chi connectivity index (χ0v) is 18.1. The van der Waals surface area contributed by atoms with Gasteiger partial charge in [0.2, 0.25) is 0 Å². The molecule has 2 nitrogen and oxygen atoms in total. The zero-order chi connectivity index (χ0) is 22.5. The van der Waals surface area contributed by atoms with Crippen LogP contribution in [-0.2, 0) is 10.8 Å². The summed E-state index contributed by atoms with van der Waals surface area (Å²) in [4.78, 5) is 0. The van der Waals surface area contributed by atoms with Crippen LogP contribution in [0.1, 0.15) is 44.8 Å². The Labute approximate surface area is 193 Å². The molecule has 0 amide bonds. The largest absolute Gasteiger partial charge is 0.155 e. The molecule has 0 radical (unpaired) electrons. The average molecular weight is 418 g/mol. The van der Waals surface area contributed by atoms with Gasteiger partial charge in [0.05, 0.1) is 5.69 Å². The Kier molecular flexibility index (Phi) is 4.04. The first kappa shape index (κ1) is 19.1. The highest BCUT2D eigenvalue weighted by Crippen LogP contribution is 2.61. The molecule has 0 fully saturated rings. The van der Waals surface area contributed by atoms with Crippen LogP contribution in [0.4, 0.5) is 0 Å². The zero-order valence-electron chi connectivity index (χ0n) is 18.1. The van der Waals surface area contributed by atoms with E-state index in [1.165, 1.54) is 0 Å². The molecule has 0 aliphatic heterocycles. The van der Waals surface area contributed by atoms with Gasteiger partial charge in [-0.25, -0.2) is 0 Å². The number of hydrogen-bond acceptors (Lipinski definition) is 2. The Morgan fingerprint density at radius 3 is 1.52 bits per heavy atom. The number of hydrogen-bond donors (Lipinski definition) is 0. The highest BCUT2D eigenvalue weighted by molar-refractivity contribution is 5.81. The van der Waals surface area contributed by atoms with Crippen molar-refractivity contribution < 1.29 is 0 Å². The molecule has 1 aromatic heterocycles. The van der Waals surface area contributed by atoms with Crippen molar-refractivity contribution in [2.45, 2.75) is 17.8 Å². The third-order valence-corrected chi connectivity index (χ3v) is 6.72. The van der Waals surface area contributed by atoms with Crippen molar-refractivity contribution in [3.8, 4) is 36.0 Å². The maximum atomic E-state index is 6.34. The van der Waals surface area contributed by atoms with E-state index in [0.717, 1.165) is 39.1 Å². The van der Waals surface area contributed by atoms with Gasteiger partial charge in [0.15, 0.2) is 0 Å². The molecule has 7 rings (SSSR count). The van der Waals surface area contributed by atoms with Crippen LogP contribution in [0.25, 0.3) is 0 Å². The van der Waals surface area contributed by atoms with E-state index >= 15 is 0 Å². The highest BCUT2D eigenvalue weighted by atomic mass is 15.1. The lowest BCUT2D eigenvalue weighted by molar-refractivity contribution is 0.606. The summed E-state index contributed by atoms with van der Waals surface area (Å²) in [5.41, 5.74) is 6.94. The van der Waals surface area contributed by atoms with Crippen LogP contribution in [0, 0.1) is 42.9 Å². The van der Waals surface area contributed by atoms with Crippen LogP contribution in [0.5, 0.6) is 0 Å². The van der Waals surface area contributed by atoms with Crippen molar-refractivity contribution in [1.82, 2.24) is 10.2 Å². The van der Waals surface area contributed by atoms with Gasteiger partial charge in [-0.1, -0.05) is 84.6 Å². The van der Waals surface area contributed by atoms with E-state index in [0.29, 0.717) is 5.69 Å². The SMILES string of the molecule is C#CC12c3ccccc3C(C#CC#Cc3ccc(C)nn3)(c3ccccc31)c1ccccc12. The Morgan fingerprint density at radius 2 is 1.09 bits per heavy atom. The molecule has 0 spiro atoms. The first-order valence-corrected chi connectivity index (χ1v) is 10.8. The van der Waals surface area contributed by atoms with Crippen molar-refractivity contribution in [3.63, 3.8) is 0 Å². The van der Waals surface area contributed by atoms with Gasteiger partial charge >= 0.3 is 0 Å². The van der Waals surface area contributed by atoms with E-state index in [1.54, 1.807) is 0 Å². The molecule has 0 N–H and O–H groups in total. The summed E-state index contributed by atoms with van der Waals surface area (Å²) in [6, 6.07) is 29.0. The number of rotatable bonds is 0. The van der Waals surface area contributed by atoms with Crippen LogP contribution >= 0.6 is 0 Å². The molecular weight excluding hydrogens is 400 g/mol. The summed E-state index contributed by atoms with van der Waals surface area (Å²) in [5.74, 6) is 16.0. The Bertz CT molecular complexity index is 1480. The van der Waals surface area contributed by atoms with E-state index in [2.05, 4.69) is 113 Å². The predicted molar refractivity (Wildman–Crippen MR) is 129 cm³/mol. The van der Waals surface area contributed by atoms with E-state index in [9.17, 15) is 0 Å². The average Bonchev–Trinajstić information content (AvgIpc) is 2.88. The molecule has 2 bridgehead atoms. The fourth-order valence-electron chi connectivity index (χ4n) is 5.40. The number of aromatic nitrogens is 2. The lowest BCUT2D eigenvalue weighted by Gasteiger charge is -2.52. The lowest BCUT2D eigenvalue weighted by Crippen LogP contribution is -2.49. The van der Waals surface area contributed by atoms with Crippen LogP contribution in [0.2, 0.25) is 0 Å². The van der Waals surface area contributed by atoms with Crippen LogP contribution < -0.4 is 0 Å². The Hall–Kier alpha value is -4.58. The minimum absolute atomic E-state index is 0.604. The van der Waals surface area contributed by atoms with E-state index in [-0.39, 0.29) is 0 Å². The van der Waals surface area contributed by atoms with E-state index in [4.69, 9.17) is 6.42 Å². The normalized spacial score (nSPS) is 20.6. The van der Waals surface area contributed by atoms with Gasteiger partial charge < -0.3 is 0 Å². The van der Waals surface area contributed by atoms with Crippen molar-refractivity contribution in [3.05, 3.63) is 130 Å². The summed E-state index contributed by atoms with van der Waals surface area (Å²) in [6.45, 7) is 1.90. The maximum Gasteiger partial charge on any atom is 0.136 e. The molecule has 3 aliphatic carbocycles. The number of nitrogens with zero attached hydrogens (tertiary/aromatic N) is 2. The van der Waals surface area contributed by atoms with Crippen LogP contribution in [0.15, 0.2) is 84.9 Å². The van der Waals surface area contributed by atoms with Crippen molar-refractivity contribution in [1.29, 1.82) is 0 Å². The summed E-state index contributed by atoms with van der Waals surface area (Å²) in [6.07, 6.45) is 6.34. The quantitative estimate of drug-likeness (QED) is 0.385. The molecule has 0 unspecified atom stereocenters. The fraction of sp³-hybridized carbons (Fsp3) is 0.0968. The van der Waals surface area contributed by atoms with Gasteiger partial charge in [-0.15, -0.1) is 11.5 Å². The molecule has 4 aromatic rings. The molecule has 0 atom stereocenters. The van der Waals surface area contributed by atoms with Crippen molar-refractivity contribution in [2.75, 3.05) is 0 Å². The van der Waals surface area contributed by atoms with Gasteiger partial charge in [0, 0.05) is 0 Å². The van der Waals surface area contributed by atoms with Crippen molar-refractivity contribution in [2.24, 2.45) is 0 Å². The molecule has 3 aromatic carbocycles. The smallest absolute Gasteiger partial charge is 0.136 e. The third-order valence-electron chi connectivity index (χ3n) is 6.72. The second kappa shape index (κ2) is 6.97.